The SMILES string of the molecule is CCc1c(C)ccc([N+](=O)[O-])c1[N+](=O)[O-]. The Hall–Kier alpha value is -1.98. The second kappa shape index (κ2) is 4.04. The molecular formula is C9H10N2O4. The average molecular weight is 210 g/mol. The van der Waals surface area contributed by atoms with Crippen LogP contribution < -0.4 is 0 Å². The van der Waals surface area contributed by atoms with E-state index < -0.39 is 15.5 Å². The van der Waals surface area contributed by atoms with Crippen LogP contribution in [-0.2, 0) is 6.42 Å². The summed E-state index contributed by atoms with van der Waals surface area (Å²) in [6.45, 7) is 3.44. The minimum absolute atomic E-state index is 0.387. The van der Waals surface area contributed by atoms with Gasteiger partial charge in [0.2, 0.25) is 0 Å². The lowest BCUT2D eigenvalue weighted by Crippen LogP contribution is -2.02. The quantitative estimate of drug-likeness (QED) is 0.566. The van der Waals surface area contributed by atoms with Crippen molar-refractivity contribution < 1.29 is 9.85 Å². The molecule has 0 heterocycles. The Kier molecular flexibility index (Phi) is 2.99. The summed E-state index contributed by atoms with van der Waals surface area (Å²) in [6, 6.07) is 2.70. The van der Waals surface area contributed by atoms with Gasteiger partial charge in [0.05, 0.1) is 9.85 Å². The molecule has 0 N–H and O–H groups in total. The number of benzene rings is 1. The van der Waals surface area contributed by atoms with Gasteiger partial charge in [-0.15, -0.1) is 0 Å². The van der Waals surface area contributed by atoms with E-state index in [0.29, 0.717) is 17.5 Å². The van der Waals surface area contributed by atoms with Gasteiger partial charge in [0, 0.05) is 11.6 Å². The van der Waals surface area contributed by atoms with Crippen LogP contribution in [0.25, 0.3) is 0 Å². The predicted octanol–water partition coefficient (Wildman–Crippen LogP) is 2.37. The third-order valence-corrected chi connectivity index (χ3v) is 2.23. The molecule has 0 unspecified atom stereocenters. The van der Waals surface area contributed by atoms with Crippen molar-refractivity contribution >= 4 is 11.4 Å². The molecule has 1 aromatic carbocycles. The highest BCUT2D eigenvalue weighted by molar-refractivity contribution is 5.60. The van der Waals surface area contributed by atoms with Crippen molar-refractivity contribution in [3.63, 3.8) is 0 Å². The number of hydrogen-bond donors (Lipinski definition) is 0. The minimum Gasteiger partial charge on any atom is -0.258 e. The third-order valence-electron chi connectivity index (χ3n) is 2.23. The van der Waals surface area contributed by atoms with Gasteiger partial charge in [-0.2, -0.15) is 0 Å². The van der Waals surface area contributed by atoms with Crippen molar-refractivity contribution in [2.45, 2.75) is 20.3 Å². The molecule has 0 spiro atoms. The lowest BCUT2D eigenvalue weighted by Gasteiger charge is -2.03. The van der Waals surface area contributed by atoms with Crippen molar-refractivity contribution in [1.29, 1.82) is 0 Å². The Morgan fingerprint density at radius 2 is 1.80 bits per heavy atom. The summed E-state index contributed by atoms with van der Waals surface area (Å²) in [7, 11) is 0. The number of hydrogen-bond acceptors (Lipinski definition) is 4. The van der Waals surface area contributed by atoms with Crippen LogP contribution >= 0.6 is 0 Å². The molecule has 0 saturated heterocycles. The molecule has 1 aromatic rings. The fraction of sp³-hybridized carbons (Fsp3) is 0.333. The zero-order chi connectivity index (χ0) is 11.6. The van der Waals surface area contributed by atoms with Gasteiger partial charge < -0.3 is 0 Å². The highest BCUT2D eigenvalue weighted by Gasteiger charge is 2.28. The van der Waals surface area contributed by atoms with E-state index in [4.69, 9.17) is 0 Å². The van der Waals surface area contributed by atoms with Crippen LogP contribution in [0.5, 0.6) is 0 Å². The maximum absolute atomic E-state index is 10.8. The van der Waals surface area contributed by atoms with Gasteiger partial charge in [0.25, 0.3) is 0 Å². The number of aryl methyl sites for hydroxylation is 1. The van der Waals surface area contributed by atoms with E-state index in [9.17, 15) is 20.2 Å². The molecule has 0 fully saturated rings. The van der Waals surface area contributed by atoms with Crippen LogP contribution in [-0.4, -0.2) is 9.85 Å². The molecular weight excluding hydrogens is 200 g/mol. The largest absolute Gasteiger partial charge is 0.349 e. The van der Waals surface area contributed by atoms with Crippen LogP contribution in [0.15, 0.2) is 12.1 Å². The maximum Gasteiger partial charge on any atom is 0.349 e. The Morgan fingerprint density at radius 3 is 2.20 bits per heavy atom. The average Bonchev–Trinajstić information content (AvgIpc) is 2.16. The van der Waals surface area contributed by atoms with Gasteiger partial charge in [-0.05, 0) is 18.9 Å². The molecule has 0 atom stereocenters. The molecule has 0 amide bonds. The molecule has 15 heavy (non-hydrogen) atoms. The molecule has 0 aromatic heterocycles. The van der Waals surface area contributed by atoms with Crippen LogP contribution in [0.1, 0.15) is 18.1 Å². The zero-order valence-electron chi connectivity index (χ0n) is 8.39. The van der Waals surface area contributed by atoms with E-state index in [0.717, 1.165) is 0 Å². The summed E-state index contributed by atoms with van der Waals surface area (Å²) in [4.78, 5) is 20.0. The van der Waals surface area contributed by atoms with Crippen LogP contribution in [0.2, 0.25) is 0 Å². The van der Waals surface area contributed by atoms with E-state index in [1.165, 1.54) is 12.1 Å². The molecule has 0 aliphatic carbocycles. The summed E-state index contributed by atoms with van der Waals surface area (Å²) >= 11 is 0. The maximum atomic E-state index is 10.8. The molecule has 6 heteroatoms. The van der Waals surface area contributed by atoms with E-state index in [1.807, 2.05) is 0 Å². The van der Waals surface area contributed by atoms with Gasteiger partial charge in [0.1, 0.15) is 0 Å². The molecule has 1 rings (SSSR count). The number of nitro groups is 2. The van der Waals surface area contributed by atoms with Crippen molar-refractivity contribution in [2.75, 3.05) is 0 Å². The molecule has 0 aliphatic rings. The Labute approximate surface area is 85.8 Å². The van der Waals surface area contributed by atoms with Crippen LogP contribution in [0, 0.1) is 27.2 Å². The molecule has 0 bridgehead atoms. The fourth-order valence-corrected chi connectivity index (χ4v) is 1.52. The van der Waals surface area contributed by atoms with Crippen molar-refractivity contribution in [3.05, 3.63) is 43.5 Å². The Morgan fingerprint density at radius 1 is 1.20 bits per heavy atom. The highest BCUT2D eigenvalue weighted by Crippen LogP contribution is 2.32. The predicted molar refractivity (Wildman–Crippen MR) is 53.9 cm³/mol. The monoisotopic (exact) mass is 210 g/mol. The third kappa shape index (κ3) is 1.93. The minimum atomic E-state index is -0.725. The summed E-state index contributed by atoms with van der Waals surface area (Å²) in [5.41, 5.74) is 0.300. The summed E-state index contributed by atoms with van der Waals surface area (Å²) in [6.07, 6.45) is 0.407. The second-order valence-electron chi connectivity index (χ2n) is 3.10. The first kappa shape index (κ1) is 11.1. The van der Waals surface area contributed by atoms with Gasteiger partial charge in [-0.1, -0.05) is 13.0 Å². The van der Waals surface area contributed by atoms with Gasteiger partial charge in [-0.3, -0.25) is 20.2 Å². The van der Waals surface area contributed by atoms with Crippen molar-refractivity contribution in [1.82, 2.24) is 0 Å². The normalized spacial score (nSPS) is 10.0. The van der Waals surface area contributed by atoms with Crippen molar-refractivity contribution in [3.8, 4) is 0 Å². The molecule has 0 saturated carbocycles. The van der Waals surface area contributed by atoms with E-state index in [-0.39, 0.29) is 5.69 Å². The lowest BCUT2D eigenvalue weighted by molar-refractivity contribution is -0.423. The van der Waals surface area contributed by atoms with Gasteiger partial charge >= 0.3 is 11.4 Å². The molecule has 0 aliphatic heterocycles. The van der Waals surface area contributed by atoms with Crippen LogP contribution in [0.4, 0.5) is 11.4 Å². The molecule has 80 valence electrons. The summed E-state index contributed by atoms with van der Waals surface area (Å²) in [5, 5.41) is 21.4. The lowest BCUT2D eigenvalue weighted by atomic mass is 10.0. The first-order valence-corrected chi connectivity index (χ1v) is 4.40. The first-order chi connectivity index (χ1) is 6.99. The highest BCUT2D eigenvalue weighted by atomic mass is 16.6. The number of rotatable bonds is 3. The fourth-order valence-electron chi connectivity index (χ4n) is 1.52. The molecule has 0 radical (unpaired) electrons. The standard InChI is InChI=1S/C9H10N2O4/c1-3-7-6(2)4-5-8(10(12)13)9(7)11(14)15/h4-5H,3H2,1-2H3. The van der Waals surface area contributed by atoms with Crippen molar-refractivity contribution in [2.24, 2.45) is 0 Å². The Bertz CT molecular complexity index is 428. The van der Waals surface area contributed by atoms with Gasteiger partial charge in [0.15, 0.2) is 0 Å². The van der Waals surface area contributed by atoms with Crippen LogP contribution in [0.3, 0.4) is 0 Å². The number of nitrogens with zero attached hydrogens (tertiary/aromatic N) is 2. The van der Waals surface area contributed by atoms with E-state index in [1.54, 1.807) is 13.8 Å². The summed E-state index contributed by atoms with van der Waals surface area (Å²) in [5.74, 6) is 0. The van der Waals surface area contributed by atoms with E-state index in [2.05, 4.69) is 0 Å². The van der Waals surface area contributed by atoms with E-state index >= 15 is 0 Å². The number of nitro benzene ring substituents is 2. The molecule has 6 nitrogen and oxygen atoms in total. The second-order valence-corrected chi connectivity index (χ2v) is 3.10. The first-order valence-electron chi connectivity index (χ1n) is 4.40. The topological polar surface area (TPSA) is 86.3 Å². The van der Waals surface area contributed by atoms with Gasteiger partial charge in [-0.25, -0.2) is 0 Å². The zero-order valence-corrected chi connectivity index (χ0v) is 8.39. The summed E-state index contributed by atoms with van der Waals surface area (Å²) < 4.78 is 0. The smallest absolute Gasteiger partial charge is 0.258 e. The Balaban J connectivity index is 3.56.